The van der Waals surface area contributed by atoms with Crippen LogP contribution in [-0.4, -0.2) is 31.1 Å². The number of hydrogen-bond donors (Lipinski definition) is 0. The molecule has 0 fully saturated rings. The van der Waals surface area contributed by atoms with Crippen molar-refractivity contribution in [1.29, 1.82) is 0 Å². The average molecular weight is 381 g/mol. The third-order valence-electron chi connectivity index (χ3n) is 4.00. The predicted octanol–water partition coefficient (Wildman–Crippen LogP) is 4.54. The summed E-state index contributed by atoms with van der Waals surface area (Å²) in [5.74, 6) is 0. The van der Waals surface area contributed by atoms with Crippen LogP contribution in [0.5, 0.6) is 0 Å². The van der Waals surface area contributed by atoms with Gasteiger partial charge in [0.2, 0.25) is 0 Å². The Labute approximate surface area is 135 Å². The Morgan fingerprint density at radius 3 is 1.70 bits per heavy atom. The molecule has 0 bridgehead atoms. The van der Waals surface area contributed by atoms with E-state index in [9.17, 15) is 0 Å². The summed E-state index contributed by atoms with van der Waals surface area (Å²) in [6, 6.07) is 0. The average Bonchev–Trinajstić information content (AvgIpc) is 2.49. The number of aromatic nitrogens is 2. The maximum atomic E-state index is 4.24. The summed E-state index contributed by atoms with van der Waals surface area (Å²) in [5, 5.41) is 0. The van der Waals surface area contributed by atoms with Crippen LogP contribution in [0.4, 0.5) is 0 Å². The van der Waals surface area contributed by atoms with Gasteiger partial charge in [0.1, 0.15) is 0 Å². The Balaban J connectivity index is 2.81. The van der Waals surface area contributed by atoms with E-state index in [1.165, 1.54) is 61.4 Å². The van der Waals surface area contributed by atoms with Gasteiger partial charge in [0, 0.05) is 0 Å². The number of hydrogen-bond acceptors (Lipinski definition) is 2. The molecule has 0 aliphatic rings. The Morgan fingerprint density at radius 2 is 1.30 bits per heavy atom. The minimum atomic E-state index is -0.615. The van der Waals surface area contributed by atoms with Crippen molar-refractivity contribution < 1.29 is 0 Å². The fourth-order valence-corrected chi connectivity index (χ4v) is 7.90. The van der Waals surface area contributed by atoms with Gasteiger partial charge in [-0.1, -0.05) is 0 Å². The molecule has 2 radical (unpaired) electrons. The third kappa shape index (κ3) is 6.55. The number of rotatable bonds is 11. The van der Waals surface area contributed by atoms with E-state index >= 15 is 0 Å². The number of nitrogens with zero attached hydrogens (tertiary/aromatic N) is 2. The molecule has 112 valence electrons. The maximum absolute atomic E-state index is 4.24. The first kappa shape index (κ1) is 17.9. The second-order valence-corrected chi connectivity index (χ2v) is 11.2. The Hall–Kier alpha value is -0.121. The molecule has 1 heterocycles. The van der Waals surface area contributed by atoms with E-state index in [1.54, 1.807) is 6.33 Å². The van der Waals surface area contributed by atoms with Crippen molar-refractivity contribution >= 4 is 24.7 Å². The van der Waals surface area contributed by atoms with E-state index in [2.05, 4.69) is 43.1 Å². The topological polar surface area (TPSA) is 25.8 Å². The molecule has 0 atom stereocenters. The van der Waals surface area contributed by atoms with Gasteiger partial charge in [0.15, 0.2) is 0 Å². The van der Waals surface area contributed by atoms with Crippen LogP contribution in [0.15, 0.2) is 18.7 Å². The van der Waals surface area contributed by atoms with Gasteiger partial charge in [-0.15, -0.1) is 0 Å². The Bertz CT molecular complexity index is 318. The summed E-state index contributed by atoms with van der Waals surface area (Å²) in [4.78, 5) is 8.48. The standard InChI is InChI=1S/C13H27.C4H3N2.Sn/c1-4-7-10-13(11-8-5-2)12-9-6-3;1-2-5-4-6-3-1;/h4-12H2,1-3H3;2-4H;. The first-order valence-corrected chi connectivity index (χ1v) is 11.1. The molecule has 0 saturated carbocycles. The zero-order chi connectivity index (χ0) is 14.7. The number of unbranched alkanes of at least 4 members (excludes halogenated alkanes) is 3. The molecule has 0 unspecified atom stereocenters. The monoisotopic (exact) mass is 382 g/mol. The summed E-state index contributed by atoms with van der Waals surface area (Å²) >= 11 is -0.615. The van der Waals surface area contributed by atoms with Crippen molar-refractivity contribution in [3.8, 4) is 0 Å². The quantitative estimate of drug-likeness (QED) is 0.527. The molecular formula is C17H30N2Sn. The zero-order valence-electron chi connectivity index (χ0n) is 13.5. The minimum absolute atomic E-state index is 0.615. The van der Waals surface area contributed by atoms with Gasteiger partial charge in [0.05, 0.1) is 0 Å². The van der Waals surface area contributed by atoms with Crippen molar-refractivity contribution in [1.82, 2.24) is 9.97 Å². The predicted molar refractivity (Wildman–Crippen MR) is 88.7 cm³/mol. The molecule has 2 nitrogen and oxygen atoms in total. The van der Waals surface area contributed by atoms with E-state index in [1.807, 2.05) is 0 Å². The van der Waals surface area contributed by atoms with Crippen LogP contribution in [-0.2, 0) is 0 Å². The molecule has 0 aromatic carbocycles. The van der Waals surface area contributed by atoms with Gasteiger partial charge in [-0.25, -0.2) is 0 Å². The molecule has 3 heteroatoms. The Morgan fingerprint density at radius 1 is 0.850 bits per heavy atom. The first-order chi connectivity index (χ1) is 9.76. The third-order valence-corrected chi connectivity index (χ3v) is 9.21. The van der Waals surface area contributed by atoms with Gasteiger partial charge in [-0.2, -0.15) is 0 Å². The fourth-order valence-electron chi connectivity index (χ4n) is 2.78. The van der Waals surface area contributed by atoms with Crippen LogP contribution in [0.1, 0.15) is 78.6 Å². The zero-order valence-corrected chi connectivity index (χ0v) is 16.3. The van der Waals surface area contributed by atoms with Crippen molar-refractivity contribution in [2.75, 3.05) is 0 Å². The van der Waals surface area contributed by atoms with Crippen molar-refractivity contribution in [3.63, 3.8) is 0 Å². The van der Waals surface area contributed by atoms with E-state index in [4.69, 9.17) is 0 Å². The van der Waals surface area contributed by atoms with E-state index in [-0.39, 0.29) is 0 Å². The van der Waals surface area contributed by atoms with Gasteiger partial charge in [-0.05, 0) is 0 Å². The van der Waals surface area contributed by atoms with Crippen LogP contribution in [0.2, 0.25) is 3.43 Å². The fraction of sp³-hybridized carbons (Fsp3) is 0.765. The molecule has 1 aromatic rings. The van der Waals surface area contributed by atoms with Gasteiger partial charge in [-0.3, -0.25) is 0 Å². The molecule has 1 rings (SSSR count). The van der Waals surface area contributed by atoms with Gasteiger partial charge < -0.3 is 0 Å². The van der Waals surface area contributed by atoms with Gasteiger partial charge >= 0.3 is 135 Å². The normalized spacial score (nSPS) is 11.8. The molecular weight excluding hydrogens is 351 g/mol. The SMILES string of the molecule is CCCC[C](CCCC)(CCCC)[Sn][c]1cncnc1. The summed E-state index contributed by atoms with van der Waals surface area (Å²) in [7, 11) is 0. The van der Waals surface area contributed by atoms with E-state index in [0.29, 0.717) is 3.43 Å². The summed E-state index contributed by atoms with van der Waals surface area (Å²) in [6.07, 6.45) is 18.3. The van der Waals surface area contributed by atoms with E-state index < -0.39 is 21.1 Å². The van der Waals surface area contributed by atoms with Gasteiger partial charge in [0.25, 0.3) is 0 Å². The van der Waals surface area contributed by atoms with Crippen LogP contribution < -0.4 is 3.58 Å². The first-order valence-electron chi connectivity index (χ1n) is 8.29. The van der Waals surface area contributed by atoms with Crippen molar-refractivity contribution in [2.45, 2.75) is 82.0 Å². The molecule has 0 spiro atoms. The van der Waals surface area contributed by atoms with Crippen LogP contribution in [0, 0.1) is 0 Å². The van der Waals surface area contributed by atoms with Crippen molar-refractivity contribution in [3.05, 3.63) is 18.7 Å². The molecule has 0 saturated heterocycles. The second kappa shape index (κ2) is 10.6. The molecule has 20 heavy (non-hydrogen) atoms. The summed E-state index contributed by atoms with van der Waals surface area (Å²) in [6.45, 7) is 6.96. The molecule has 0 amide bonds. The molecule has 0 N–H and O–H groups in total. The van der Waals surface area contributed by atoms with E-state index in [0.717, 1.165) is 0 Å². The van der Waals surface area contributed by atoms with Crippen LogP contribution in [0.25, 0.3) is 0 Å². The Kier molecular flexibility index (Phi) is 9.49. The van der Waals surface area contributed by atoms with Crippen LogP contribution >= 0.6 is 0 Å². The molecule has 1 aromatic heterocycles. The molecule has 0 aliphatic carbocycles. The van der Waals surface area contributed by atoms with Crippen molar-refractivity contribution in [2.24, 2.45) is 0 Å². The summed E-state index contributed by atoms with van der Waals surface area (Å²) in [5.41, 5.74) is 0. The second-order valence-electron chi connectivity index (χ2n) is 5.84. The summed E-state index contributed by atoms with van der Waals surface area (Å²) < 4.78 is 2.13. The molecule has 0 aliphatic heterocycles. The van der Waals surface area contributed by atoms with Crippen LogP contribution in [0.3, 0.4) is 0 Å².